The molecule has 14 heavy (non-hydrogen) atoms. The second-order valence-electron chi connectivity index (χ2n) is 3.99. The zero-order valence-electron chi connectivity index (χ0n) is 9.17. The second kappa shape index (κ2) is 4.99. The summed E-state index contributed by atoms with van der Waals surface area (Å²) in [6.07, 6.45) is 7.29. The smallest absolute Gasteiger partial charge is 0.307 e. The highest BCUT2D eigenvalue weighted by atomic mass is 16.5. The number of rotatable bonds is 2. The largest absolute Gasteiger partial charge is 0.435 e. The van der Waals surface area contributed by atoms with Crippen LogP contribution in [0.25, 0.3) is 0 Å². The Labute approximate surface area is 85.6 Å². The van der Waals surface area contributed by atoms with Gasteiger partial charge in [0.1, 0.15) is 0 Å². The Balaban J connectivity index is 2.49. The molecular weight excluding hydrogens is 176 g/mol. The van der Waals surface area contributed by atoms with Crippen molar-refractivity contribution in [3.8, 4) is 0 Å². The molecule has 0 aromatic heterocycles. The summed E-state index contributed by atoms with van der Waals surface area (Å²) in [6, 6.07) is 0. The van der Waals surface area contributed by atoms with Crippen LogP contribution < -0.4 is 0 Å². The van der Waals surface area contributed by atoms with E-state index in [2.05, 4.69) is 13.0 Å². The molecule has 0 saturated carbocycles. The lowest BCUT2D eigenvalue weighted by molar-refractivity contribution is -0.135. The number of hydrogen-bond acceptors (Lipinski definition) is 2. The maximum atomic E-state index is 10.6. The number of ether oxygens (including phenoxy) is 1. The molecule has 0 bridgehead atoms. The first-order valence-electron chi connectivity index (χ1n) is 5.09. The average Bonchev–Trinajstić information content (AvgIpc) is 2.15. The van der Waals surface area contributed by atoms with Crippen molar-refractivity contribution >= 4 is 5.97 Å². The number of hydrogen-bond donors (Lipinski definition) is 0. The van der Waals surface area contributed by atoms with Gasteiger partial charge >= 0.3 is 5.97 Å². The lowest BCUT2D eigenvalue weighted by Gasteiger charge is -2.20. The maximum Gasteiger partial charge on any atom is 0.307 e. The quantitative estimate of drug-likeness (QED) is 0.383. The summed E-state index contributed by atoms with van der Waals surface area (Å²) in [5, 5.41) is 0. The summed E-state index contributed by atoms with van der Waals surface area (Å²) in [7, 11) is 0. The third kappa shape index (κ3) is 3.36. The highest BCUT2D eigenvalue weighted by Gasteiger charge is 2.14. The highest BCUT2D eigenvalue weighted by Crippen LogP contribution is 2.28. The molecule has 1 atom stereocenters. The number of esters is 1. The van der Waals surface area contributed by atoms with Crippen molar-refractivity contribution < 1.29 is 9.53 Å². The Morgan fingerprint density at radius 2 is 2.29 bits per heavy atom. The van der Waals surface area contributed by atoms with E-state index in [1.807, 2.05) is 6.92 Å². The second-order valence-corrected chi connectivity index (χ2v) is 3.99. The minimum absolute atomic E-state index is 0.244. The molecule has 78 valence electrons. The molecule has 1 aliphatic carbocycles. The van der Waals surface area contributed by atoms with Gasteiger partial charge in [0.15, 0.2) is 0 Å². The summed E-state index contributed by atoms with van der Waals surface area (Å²) in [6.45, 7) is 5.62. The van der Waals surface area contributed by atoms with Crippen LogP contribution in [-0.4, -0.2) is 5.97 Å². The molecular formula is C12H18O2. The van der Waals surface area contributed by atoms with E-state index in [-0.39, 0.29) is 5.97 Å². The number of carbonyl (C=O) groups is 1. The molecule has 0 radical (unpaired) electrons. The van der Waals surface area contributed by atoms with Crippen molar-refractivity contribution in [2.45, 2.75) is 40.0 Å². The van der Waals surface area contributed by atoms with E-state index in [1.54, 1.807) is 6.26 Å². The van der Waals surface area contributed by atoms with Gasteiger partial charge < -0.3 is 4.74 Å². The summed E-state index contributed by atoms with van der Waals surface area (Å²) in [5.74, 6) is 0.310. The predicted octanol–water partition coefficient (Wildman–Crippen LogP) is 3.20. The third-order valence-corrected chi connectivity index (χ3v) is 2.69. The minimum Gasteiger partial charge on any atom is -0.435 e. The highest BCUT2D eigenvalue weighted by molar-refractivity contribution is 5.66. The van der Waals surface area contributed by atoms with Gasteiger partial charge in [0.25, 0.3) is 0 Å². The van der Waals surface area contributed by atoms with Crippen LogP contribution in [0.5, 0.6) is 0 Å². The van der Waals surface area contributed by atoms with Gasteiger partial charge in [-0.3, -0.25) is 4.79 Å². The molecule has 0 spiro atoms. The van der Waals surface area contributed by atoms with Gasteiger partial charge in [-0.05, 0) is 44.6 Å². The predicted molar refractivity (Wildman–Crippen MR) is 56.6 cm³/mol. The summed E-state index contributed by atoms with van der Waals surface area (Å²) >= 11 is 0. The minimum atomic E-state index is -0.244. The van der Waals surface area contributed by atoms with Crippen LogP contribution in [0.2, 0.25) is 0 Å². The fraction of sp³-hybridized carbons (Fsp3) is 0.583. The molecule has 0 aromatic carbocycles. The molecule has 0 N–H and O–H groups in total. The third-order valence-electron chi connectivity index (χ3n) is 2.69. The molecule has 2 heteroatoms. The van der Waals surface area contributed by atoms with E-state index in [0.717, 1.165) is 12.8 Å². The van der Waals surface area contributed by atoms with E-state index >= 15 is 0 Å². The van der Waals surface area contributed by atoms with Gasteiger partial charge in [0.2, 0.25) is 0 Å². The van der Waals surface area contributed by atoms with Gasteiger partial charge in [0, 0.05) is 6.92 Å². The molecule has 0 saturated heterocycles. The Morgan fingerprint density at radius 3 is 2.79 bits per heavy atom. The van der Waals surface area contributed by atoms with Crippen LogP contribution in [-0.2, 0) is 9.53 Å². The van der Waals surface area contributed by atoms with E-state index in [9.17, 15) is 4.79 Å². The molecule has 1 aliphatic rings. The van der Waals surface area contributed by atoms with Crippen molar-refractivity contribution in [1.29, 1.82) is 0 Å². The molecule has 0 aliphatic heterocycles. The van der Waals surface area contributed by atoms with Crippen LogP contribution in [0.1, 0.15) is 40.0 Å². The van der Waals surface area contributed by atoms with E-state index in [1.165, 1.54) is 24.5 Å². The van der Waals surface area contributed by atoms with Crippen molar-refractivity contribution in [3.63, 3.8) is 0 Å². The summed E-state index contributed by atoms with van der Waals surface area (Å²) < 4.78 is 4.86. The van der Waals surface area contributed by atoms with Gasteiger partial charge in [-0.2, -0.15) is 0 Å². The summed E-state index contributed by atoms with van der Waals surface area (Å²) in [5.41, 5.74) is 2.64. The molecule has 0 aromatic rings. The first kappa shape index (κ1) is 11.0. The van der Waals surface area contributed by atoms with E-state index in [4.69, 9.17) is 4.74 Å². The summed E-state index contributed by atoms with van der Waals surface area (Å²) in [4.78, 5) is 10.6. The molecule has 1 unspecified atom stereocenters. The van der Waals surface area contributed by atoms with Gasteiger partial charge in [-0.15, -0.1) is 0 Å². The van der Waals surface area contributed by atoms with Crippen molar-refractivity contribution in [2.24, 2.45) is 5.92 Å². The van der Waals surface area contributed by atoms with Crippen LogP contribution in [0, 0.1) is 5.92 Å². The van der Waals surface area contributed by atoms with Crippen LogP contribution in [0.3, 0.4) is 0 Å². The van der Waals surface area contributed by atoms with Gasteiger partial charge in [-0.1, -0.05) is 11.6 Å². The Kier molecular flexibility index (Phi) is 3.93. The first-order valence-corrected chi connectivity index (χ1v) is 5.09. The van der Waals surface area contributed by atoms with Crippen LogP contribution in [0.15, 0.2) is 23.5 Å². The molecule has 0 amide bonds. The Hall–Kier alpha value is -1.05. The number of allylic oxidation sites excluding steroid dienone is 3. The van der Waals surface area contributed by atoms with E-state index < -0.39 is 0 Å². The number of carbonyl (C=O) groups excluding carboxylic acids is 1. The molecule has 0 heterocycles. The molecule has 1 rings (SSSR count). The van der Waals surface area contributed by atoms with Crippen molar-refractivity contribution in [2.75, 3.05) is 0 Å². The maximum absolute atomic E-state index is 10.6. The first-order chi connectivity index (χ1) is 6.59. The van der Waals surface area contributed by atoms with E-state index in [0.29, 0.717) is 5.92 Å². The van der Waals surface area contributed by atoms with Crippen LogP contribution in [0.4, 0.5) is 0 Å². The Morgan fingerprint density at radius 1 is 1.57 bits per heavy atom. The van der Waals surface area contributed by atoms with Crippen molar-refractivity contribution in [3.05, 3.63) is 23.5 Å². The fourth-order valence-corrected chi connectivity index (χ4v) is 1.65. The Bertz CT molecular complexity index is 274. The van der Waals surface area contributed by atoms with Gasteiger partial charge in [0.05, 0.1) is 6.26 Å². The normalized spacial score (nSPS) is 22.9. The lowest BCUT2D eigenvalue weighted by atomic mass is 9.86. The van der Waals surface area contributed by atoms with Crippen LogP contribution >= 0.6 is 0 Å². The van der Waals surface area contributed by atoms with Crippen molar-refractivity contribution in [1.82, 2.24) is 0 Å². The zero-order chi connectivity index (χ0) is 10.6. The zero-order valence-corrected chi connectivity index (χ0v) is 9.17. The van der Waals surface area contributed by atoms with Gasteiger partial charge in [-0.25, -0.2) is 0 Å². The lowest BCUT2D eigenvalue weighted by Crippen LogP contribution is -2.07. The monoisotopic (exact) mass is 194 g/mol. The molecule has 2 nitrogen and oxygen atoms in total. The standard InChI is InChI=1S/C12H18O2/c1-9-4-6-12(7-5-9)10(2)8-14-11(3)13/h4,8,12H,5-7H2,1-3H3/b10-8+. The fourth-order valence-electron chi connectivity index (χ4n) is 1.65. The SMILES string of the molecule is CC(=O)O/C=C(\C)C1CC=C(C)CC1. The average molecular weight is 194 g/mol. The molecule has 0 fully saturated rings. The topological polar surface area (TPSA) is 26.3 Å².